The lowest BCUT2D eigenvalue weighted by atomic mass is 10.1. The Morgan fingerprint density at radius 3 is 2.59 bits per heavy atom. The number of carboxylic acid groups (broad SMARTS) is 1. The van der Waals surface area contributed by atoms with Crippen molar-refractivity contribution in [3.63, 3.8) is 0 Å². The van der Waals surface area contributed by atoms with E-state index < -0.39 is 11.9 Å². The quantitative estimate of drug-likeness (QED) is 0.748. The van der Waals surface area contributed by atoms with Gasteiger partial charge in [-0.2, -0.15) is 0 Å². The van der Waals surface area contributed by atoms with E-state index in [-0.39, 0.29) is 12.2 Å². The second-order valence-electron chi connectivity index (χ2n) is 3.54. The molecule has 3 N–H and O–H groups in total. The second-order valence-corrected chi connectivity index (χ2v) is 3.54. The molecule has 0 aliphatic carbocycles. The smallest absolute Gasteiger partial charge is 0.334 e. The van der Waals surface area contributed by atoms with Crippen molar-refractivity contribution in [3.8, 4) is 5.75 Å². The van der Waals surface area contributed by atoms with Gasteiger partial charge in [0.2, 0.25) is 5.91 Å². The molecule has 0 spiro atoms. The predicted octanol–water partition coefficient (Wildman–Crippen LogP) is 1.11. The monoisotopic (exact) mass is 235 g/mol. The molecule has 17 heavy (non-hydrogen) atoms. The Morgan fingerprint density at radius 2 is 2.12 bits per heavy atom. The van der Waals surface area contributed by atoms with Crippen LogP contribution in [0.4, 0.5) is 0 Å². The van der Waals surface area contributed by atoms with E-state index in [4.69, 9.17) is 15.6 Å². The number of rotatable bonds is 5. The molecule has 0 radical (unpaired) electrons. The molecule has 0 aromatic heterocycles. The highest BCUT2D eigenvalue weighted by molar-refractivity contribution is 5.94. The largest absolute Gasteiger partial charge is 0.489 e. The van der Waals surface area contributed by atoms with E-state index in [0.29, 0.717) is 16.9 Å². The number of primary amides is 1. The molecule has 5 nitrogen and oxygen atoms in total. The highest BCUT2D eigenvalue weighted by Crippen LogP contribution is 2.17. The summed E-state index contributed by atoms with van der Waals surface area (Å²) in [5, 5.41) is 8.59. The summed E-state index contributed by atoms with van der Waals surface area (Å²) in [6.07, 6.45) is 0. The Kier molecular flexibility index (Phi) is 3.87. The third-order valence-electron chi connectivity index (χ3n) is 2.18. The third-order valence-corrected chi connectivity index (χ3v) is 2.18. The van der Waals surface area contributed by atoms with Gasteiger partial charge in [-0.1, -0.05) is 6.58 Å². The summed E-state index contributed by atoms with van der Waals surface area (Å²) >= 11 is 0. The first kappa shape index (κ1) is 12.8. The average molecular weight is 235 g/mol. The van der Waals surface area contributed by atoms with Gasteiger partial charge in [0.05, 0.1) is 5.57 Å². The molecule has 1 amide bonds. The molecule has 90 valence electrons. The summed E-state index contributed by atoms with van der Waals surface area (Å²) < 4.78 is 5.21. The minimum atomic E-state index is -1.10. The van der Waals surface area contributed by atoms with Gasteiger partial charge in [0.25, 0.3) is 0 Å². The minimum absolute atomic E-state index is 0.0402. The Hall–Kier alpha value is -2.30. The van der Waals surface area contributed by atoms with Crippen molar-refractivity contribution in [2.75, 3.05) is 6.61 Å². The van der Waals surface area contributed by atoms with Crippen LogP contribution in [0.25, 0.3) is 0 Å². The van der Waals surface area contributed by atoms with E-state index in [1.807, 2.05) is 0 Å². The van der Waals surface area contributed by atoms with Crippen molar-refractivity contribution in [1.29, 1.82) is 0 Å². The van der Waals surface area contributed by atoms with Gasteiger partial charge >= 0.3 is 5.97 Å². The van der Waals surface area contributed by atoms with Gasteiger partial charge in [-0.15, -0.1) is 0 Å². The van der Waals surface area contributed by atoms with Crippen LogP contribution in [0.3, 0.4) is 0 Å². The number of benzene rings is 1. The lowest BCUT2D eigenvalue weighted by Gasteiger charge is -2.08. The van der Waals surface area contributed by atoms with Crippen LogP contribution in [0.5, 0.6) is 5.75 Å². The van der Waals surface area contributed by atoms with E-state index in [9.17, 15) is 9.59 Å². The molecule has 0 atom stereocenters. The number of nitrogens with two attached hydrogens (primary N) is 1. The molecule has 0 aliphatic rings. The molecule has 0 heterocycles. The molecule has 0 aliphatic heterocycles. The van der Waals surface area contributed by atoms with Crippen LogP contribution < -0.4 is 10.5 Å². The van der Waals surface area contributed by atoms with Crippen molar-refractivity contribution in [2.45, 2.75) is 6.92 Å². The van der Waals surface area contributed by atoms with Gasteiger partial charge in [0.15, 0.2) is 0 Å². The maximum Gasteiger partial charge on any atom is 0.334 e. The molecular formula is C12H13NO4. The maximum absolute atomic E-state index is 11.0. The Morgan fingerprint density at radius 1 is 1.47 bits per heavy atom. The number of carbonyl (C=O) groups excluding carboxylic acids is 1. The van der Waals surface area contributed by atoms with Crippen LogP contribution in [0, 0.1) is 6.92 Å². The van der Waals surface area contributed by atoms with E-state index in [2.05, 4.69) is 6.58 Å². The van der Waals surface area contributed by atoms with Crippen molar-refractivity contribution in [1.82, 2.24) is 0 Å². The fraction of sp³-hybridized carbons (Fsp3) is 0.167. The highest BCUT2D eigenvalue weighted by Gasteiger charge is 2.08. The van der Waals surface area contributed by atoms with E-state index in [1.54, 1.807) is 19.1 Å². The number of carboxylic acids is 1. The molecule has 0 fully saturated rings. The van der Waals surface area contributed by atoms with Gasteiger partial charge in [0, 0.05) is 5.56 Å². The summed E-state index contributed by atoms with van der Waals surface area (Å²) in [6.45, 7) is 4.95. The van der Waals surface area contributed by atoms with Gasteiger partial charge in [-0.3, -0.25) is 4.79 Å². The van der Waals surface area contributed by atoms with Crippen molar-refractivity contribution >= 4 is 11.9 Å². The number of ether oxygens (including phenoxy) is 1. The molecule has 0 unspecified atom stereocenters. The Balaban J connectivity index is 2.75. The number of hydrogen-bond donors (Lipinski definition) is 2. The summed E-state index contributed by atoms with van der Waals surface area (Å²) in [5.41, 5.74) is 6.20. The first-order valence-electron chi connectivity index (χ1n) is 4.86. The predicted molar refractivity (Wildman–Crippen MR) is 62.0 cm³/mol. The number of aliphatic carboxylic acids is 1. The molecule has 0 bridgehead atoms. The topological polar surface area (TPSA) is 89.6 Å². The minimum Gasteiger partial charge on any atom is -0.489 e. The number of carbonyl (C=O) groups is 2. The molecule has 0 saturated carbocycles. The molecular weight excluding hydrogens is 222 g/mol. The molecule has 1 aromatic carbocycles. The fourth-order valence-electron chi connectivity index (χ4n) is 1.23. The van der Waals surface area contributed by atoms with Crippen molar-refractivity contribution in [3.05, 3.63) is 41.5 Å². The summed E-state index contributed by atoms with van der Waals surface area (Å²) in [4.78, 5) is 21.5. The first-order valence-corrected chi connectivity index (χ1v) is 4.86. The van der Waals surface area contributed by atoms with Crippen LogP contribution in [-0.2, 0) is 4.79 Å². The van der Waals surface area contributed by atoms with Gasteiger partial charge in [-0.05, 0) is 30.7 Å². The summed E-state index contributed by atoms with van der Waals surface area (Å²) in [7, 11) is 0. The summed E-state index contributed by atoms with van der Waals surface area (Å²) in [5.74, 6) is -1.14. The Bertz CT molecular complexity index is 479. The molecule has 1 aromatic rings. The van der Waals surface area contributed by atoms with Crippen molar-refractivity contribution < 1.29 is 19.4 Å². The molecule has 0 saturated heterocycles. The zero-order chi connectivity index (χ0) is 13.0. The zero-order valence-electron chi connectivity index (χ0n) is 9.40. The fourth-order valence-corrected chi connectivity index (χ4v) is 1.23. The van der Waals surface area contributed by atoms with Crippen LogP contribution in [0.2, 0.25) is 0 Å². The maximum atomic E-state index is 11.0. The zero-order valence-corrected chi connectivity index (χ0v) is 9.40. The molecule has 5 heteroatoms. The lowest BCUT2D eigenvalue weighted by molar-refractivity contribution is -0.133. The standard InChI is InChI=1S/C12H13NO4/c1-7-5-9(3-4-10(7)11(13)14)17-6-8(2)12(15)16/h3-5H,2,6H2,1H3,(H2,13,14)(H,15,16). The van der Waals surface area contributed by atoms with E-state index >= 15 is 0 Å². The number of hydrogen-bond acceptors (Lipinski definition) is 3. The van der Waals surface area contributed by atoms with Crippen LogP contribution >= 0.6 is 0 Å². The average Bonchev–Trinajstić information content (AvgIpc) is 2.25. The summed E-state index contributed by atoms with van der Waals surface area (Å²) in [6, 6.07) is 4.72. The van der Waals surface area contributed by atoms with Gasteiger partial charge in [-0.25, -0.2) is 4.79 Å². The third kappa shape index (κ3) is 3.34. The Labute approximate surface area is 98.5 Å². The molecule has 1 rings (SSSR count). The second kappa shape index (κ2) is 5.16. The van der Waals surface area contributed by atoms with Gasteiger partial charge in [0.1, 0.15) is 12.4 Å². The normalized spacial score (nSPS) is 9.71. The van der Waals surface area contributed by atoms with Crippen LogP contribution in [0.15, 0.2) is 30.4 Å². The van der Waals surface area contributed by atoms with E-state index in [0.717, 1.165) is 0 Å². The van der Waals surface area contributed by atoms with Crippen molar-refractivity contribution in [2.24, 2.45) is 5.73 Å². The number of aryl methyl sites for hydroxylation is 1. The van der Waals surface area contributed by atoms with Gasteiger partial charge < -0.3 is 15.6 Å². The number of amides is 1. The highest BCUT2D eigenvalue weighted by atomic mass is 16.5. The van der Waals surface area contributed by atoms with E-state index in [1.165, 1.54) is 6.07 Å². The SMILES string of the molecule is C=C(COc1ccc(C(N)=O)c(C)c1)C(=O)O. The first-order chi connectivity index (χ1) is 7.91. The van der Waals surface area contributed by atoms with Crippen LogP contribution in [-0.4, -0.2) is 23.6 Å². The van der Waals surface area contributed by atoms with Crippen LogP contribution in [0.1, 0.15) is 15.9 Å². The lowest BCUT2D eigenvalue weighted by Crippen LogP contribution is -2.13.